The molecule has 0 radical (unpaired) electrons. The Morgan fingerprint density at radius 3 is 1.38 bits per heavy atom. The molecule has 3 aromatic carbocycles. The third-order valence-corrected chi connectivity index (χ3v) is 4.98. The molecule has 0 N–H and O–H groups in total. The SMILES string of the molecule is C=C(C)C(=O)Oc1ccc(-c2cc(C)c(-c3ccc(OC(=O)C(=C)C)cc3)c(C)c2)cc1. The maximum atomic E-state index is 11.7. The highest BCUT2D eigenvalue weighted by atomic mass is 16.5. The van der Waals surface area contributed by atoms with E-state index >= 15 is 0 Å². The van der Waals surface area contributed by atoms with Gasteiger partial charge in [0.05, 0.1) is 0 Å². The van der Waals surface area contributed by atoms with E-state index in [2.05, 4.69) is 39.1 Å². The number of carbonyl (C=O) groups is 2. The van der Waals surface area contributed by atoms with Gasteiger partial charge in [-0.3, -0.25) is 0 Å². The van der Waals surface area contributed by atoms with Crippen LogP contribution in [0, 0.1) is 13.8 Å². The quantitative estimate of drug-likeness (QED) is 0.253. The molecule has 0 aliphatic carbocycles. The highest BCUT2D eigenvalue weighted by Gasteiger charge is 2.11. The first-order valence-electron chi connectivity index (χ1n) is 10.2. The van der Waals surface area contributed by atoms with E-state index in [-0.39, 0.29) is 0 Å². The van der Waals surface area contributed by atoms with Crippen molar-refractivity contribution in [3.05, 3.63) is 96.1 Å². The molecule has 0 aromatic heterocycles. The van der Waals surface area contributed by atoms with Crippen molar-refractivity contribution < 1.29 is 19.1 Å². The second-order valence-electron chi connectivity index (χ2n) is 7.87. The molecule has 3 aromatic rings. The second kappa shape index (κ2) is 9.48. The van der Waals surface area contributed by atoms with Gasteiger partial charge in [-0.15, -0.1) is 0 Å². The van der Waals surface area contributed by atoms with Crippen LogP contribution < -0.4 is 9.47 Å². The minimum absolute atomic E-state index is 0.359. The Balaban J connectivity index is 1.84. The number of esters is 2. The lowest BCUT2D eigenvalue weighted by Gasteiger charge is -2.14. The Labute approximate surface area is 188 Å². The topological polar surface area (TPSA) is 52.6 Å². The normalized spacial score (nSPS) is 10.4. The van der Waals surface area contributed by atoms with Crippen LogP contribution in [0.1, 0.15) is 25.0 Å². The molecule has 162 valence electrons. The van der Waals surface area contributed by atoms with Gasteiger partial charge in [0, 0.05) is 11.1 Å². The molecule has 0 heterocycles. The first-order chi connectivity index (χ1) is 15.2. The van der Waals surface area contributed by atoms with Crippen LogP contribution in [0.25, 0.3) is 22.3 Å². The lowest BCUT2D eigenvalue weighted by Crippen LogP contribution is -2.07. The van der Waals surface area contributed by atoms with E-state index in [9.17, 15) is 9.59 Å². The Bertz CT molecular complexity index is 1180. The fraction of sp³-hybridized carbons (Fsp3) is 0.143. The van der Waals surface area contributed by atoms with Gasteiger partial charge in [-0.2, -0.15) is 0 Å². The summed E-state index contributed by atoms with van der Waals surface area (Å²) < 4.78 is 10.5. The Morgan fingerprint density at radius 2 is 1.00 bits per heavy atom. The number of benzene rings is 3. The molecule has 0 saturated heterocycles. The minimum atomic E-state index is -0.436. The highest BCUT2D eigenvalue weighted by Crippen LogP contribution is 2.33. The molecule has 0 saturated carbocycles. The van der Waals surface area contributed by atoms with Crippen molar-refractivity contribution in [2.24, 2.45) is 0 Å². The van der Waals surface area contributed by atoms with Gasteiger partial charge in [-0.25, -0.2) is 9.59 Å². The lowest BCUT2D eigenvalue weighted by molar-refractivity contribution is -0.130. The van der Waals surface area contributed by atoms with Crippen LogP contribution in [0.4, 0.5) is 0 Å². The minimum Gasteiger partial charge on any atom is -0.423 e. The zero-order valence-corrected chi connectivity index (χ0v) is 18.8. The zero-order valence-electron chi connectivity index (χ0n) is 18.8. The van der Waals surface area contributed by atoms with Crippen molar-refractivity contribution in [2.45, 2.75) is 27.7 Å². The summed E-state index contributed by atoms with van der Waals surface area (Å²) in [5.41, 5.74) is 7.26. The van der Waals surface area contributed by atoms with Gasteiger partial charge in [-0.05, 0) is 85.3 Å². The maximum absolute atomic E-state index is 11.7. The van der Waals surface area contributed by atoms with E-state index in [1.807, 2.05) is 24.3 Å². The molecule has 4 heteroatoms. The molecule has 0 fully saturated rings. The van der Waals surface area contributed by atoms with Crippen molar-refractivity contribution in [1.82, 2.24) is 0 Å². The molecular weight excluding hydrogens is 400 g/mol. The van der Waals surface area contributed by atoms with Gasteiger partial charge in [0.15, 0.2) is 0 Å². The summed E-state index contributed by atoms with van der Waals surface area (Å²) in [6, 6.07) is 19.1. The van der Waals surface area contributed by atoms with Crippen molar-refractivity contribution >= 4 is 11.9 Å². The van der Waals surface area contributed by atoms with E-state index in [1.165, 1.54) is 0 Å². The summed E-state index contributed by atoms with van der Waals surface area (Å²) in [7, 11) is 0. The first-order valence-corrected chi connectivity index (χ1v) is 10.2. The number of hydrogen-bond donors (Lipinski definition) is 0. The molecule has 0 atom stereocenters. The standard InChI is InChI=1S/C28H26O4/c1-17(2)27(29)31-24-11-7-21(8-12-24)23-15-19(5)26(20(6)16-23)22-9-13-25(14-10-22)32-28(30)18(3)4/h7-16H,1,3H2,2,4-6H3. The van der Waals surface area contributed by atoms with Crippen LogP contribution in [0.2, 0.25) is 0 Å². The average molecular weight is 427 g/mol. The van der Waals surface area contributed by atoms with Gasteiger partial charge in [-0.1, -0.05) is 49.6 Å². The fourth-order valence-corrected chi connectivity index (χ4v) is 3.38. The summed E-state index contributed by atoms with van der Waals surface area (Å²) >= 11 is 0. The molecular formula is C28H26O4. The summed E-state index contributed by atoms with van der Waals surface area (Å²) in [6.45, 7) is 14.6. The Morgan fingerprint density at radius 1 is 0.625 bits per heavy atom. The predicted molar refractivity (Wildman–Crippen MR) is 128 cm³/mol. The molecule has 0 unspecified atom stereocenters. The van der Waals surface area contributed by atoms with Crippen LogP contribution in [-0.4, -0.2) is 11.9 Å². The monoisotopic (exact) mass is 426 g/mol. The summed E-state index contributed by atoms with van der Waals surface area (Å²) in [5, 5.41) is 0. The molecule has 32 heavy (non-hydrogen) atoms. The van der Waals surface area contributed by atoms with Crippen molar-refractivity contribution in [2.75, 3.05) is 0 Å². The maximum Gasteiger partial charge on any atom is 0.338 e. The molecule has 0 spiro atoms. The zero-order chi connectivity index (χ0) is 23.4. The van der Waals surface area contributed by atoms with Gasteiger partial charge in [0.2, 0.25) is 0 Å². The highest BCUT2D eigenvalue weighted by molar-refractivity contribution is 5.89. The molecule has 3 rings (SSSR count). The molecule has 0 bridgehead atoms. The van der Waals surface area contributed by atoms with Crippen LogP contribution in [0.15, 0.2) is 85.0 Å². The molecule has 0 aliphatic rings. The van der Waals surface area contributed by atoms with Crippen LogP contribution in [0.5, 0.6) is 11.5 Å². The van der Waals surface area contributed by atoms with Crippen molar-refractivity contribution in [1.29, 1.82) is 0 Å². The second-order valence-corrected chi connectivity index (χ2v) is 7.87. The Kier molecular flexibility index (Phi) is 6.74. The third-order valence-electron chi connectivity index (χ3n) is 4.98. The molecule has 4 nitrogen and oxygen atoms in total. The summed E-state index contributed by atoms with van der Waals surface area (Å²) in [4.78, 5) is 23.4. The van der Waals surface area contributed by atoms with Gasteiger partial charge < -0.3 is 9.47 Å². The van der Waals surface area contributed by atoms with Crippen molar-refractivity contribution in [3.8, 4) is 33.8 Å². The smallest absolute Gasteiger partial charge is 0.338 e. The Hall–Kier alpha value is -3.92. The summed E-state index contributed by atoms with van der Waals surface area (Å²) in [6.07, 6.45) is 0. The van der Waals surface area contributed by atoms with Crippen LogP contribution in [-0.2, 0) is 9.59 Å². The van der Waals surface area contributed by atoms with Gasteiger partial charge in [0.25, 0.3) is 0 Å². The molecule has 0 aliphatic heterocycles. The number of hydrogen-bond acceptors (Lipinski definition) is 4. The predicted octanol–water partition coefficient (Wildman–Crippen LogP) is 6.60. The lowest BCUT2D eigenvalue weighted by atomic mass is 9.91. The number of aryl methyl sites for hydroxylation is 2. The van der Waals surface area contributed by atoms with Crippen LogP contribution >= 0.6 is 0 Å². The summed E-state index contributed by atoms with van der Waals surface area (Å²) in [5.74, 6) is 0.101. The van der Waals surface area contributed by atoms with E-state index in [4.69, 9.17) is 9.47 Å². The van der Waals surface area contributed by atoms with E-state index in [0.29, 0.717) is 22.6 Å². The third kappa shape index (κ3) is 5.22. The van der Waals surface area contributed by atoms with Gasteiger partial charge >= 0.3 is 11.9 Å². The largest absolute Gasteiger partial charge is 0.423 e. The van der Waals surface area contributed by atoms with E-state index < -0.39 is 11.9 Å². The number of ether oxygens (including phenoxy) is 2. The van der Waals surface area contributed by atoms with E-state index in [1.54, 1.807) is 38.1 Å². The average Bonchev–Trinajstić information content (AvgIpc) is 2.74. The molecule has 0 amide bonds. The van der Waals surface area contributed by atoms with E-state index in [0.717, 1.165) is 33.4 Å². The number of rotatable bonds is 6. The van der Waals surface area contributed by atoms with Crippen molar-refractivity contribution in [3.63, 3.8) is 0 Å². The van der Waals surface area contributed by atoms with Gasteiger partial charge in [0.1, 0.15) is 11.5 Å². The fourth-order valence-electron chi connectivity index (χ4n) is 3.38. The first kappa shape index (κ1) is 22.8. The van der Waals surface area contributed by atoms with Crippen LogP contribution in [0.3, 0.4) is 0 Å². The number of carbonyl (C=O) groups excluding carboxylic acids is 2.